The molecule has 0 radical (unpaired) electrons. The van der Waals surface area contributed by atoms with Crippen molar-refractivity contribution >= 4 is 17.9 Å². The number of carbonyl (C=O) groups excluding carboxylic acids is 3. The highest BCUT2D eigenvalue weighted by atomic mass is 16.5. The Hall–Kier alpha value is -2.89. The number of fused-ring (bicyclic) bond motifs is 2. The van der Waals surface area contributed by atoms with Gasteiger partial charge in [-0.3, -0.25) is 14.4 Å². The minimum absolute atomic E-state index is 0.00723. The number of carbonyl (C=O) groups is 3. The van der Waals surface area contributed by atoms with Crippen molar-refractivity contribution in [1.82, 2.24) is 0 Å². The van der Waals surface area contributed by atoms with E-state index in [0.717, 1.165) is 49.7 Å². The van der Waals surface area contributed by atoms with E-state index in [2.05, 4.69) is 26.5 Å². The van der Waals surface area contributed by atoms with E-state index in [4.69, 9.17) is 14.2 Å². The van der Waals surface area contributed by atoms with Crippen LogP contribution >= 0.6 is 0 Å². The summed E-state index contributed by atoms with van der Waals surface area (Å²) in [5, 5.41) is 0. The lowest BCUT2D eigenvalue weighted by Crippen LogP contribution is -2.52. The molecule has 0 N–H and O–H groups in total. The summed E-state index contributed by atoms with van der Waals surface area (Å²) in [5.74, 6) is 1.02. The van der Waals surface area contributed by atoms with Gasteiger partial charge in [0.1, 0.15) is 11.5 Å². The third-order valence-corrected chi connectivity index (χ3v) is 9.35. The number of rotatable bonds is 7. The predicted octanol–water partition coefficient (Wildman–Crippen LogP) is 6.68. The lowest BCUT2D eigenvalue weighted by molar-refractivity contribution is -0.152. The maximum Gasteiger partial charge on any atom is 0.308 e. The highest BCUT2D eigenvalue weighted by molar-refractivity contribution is 5.73. The van der Waals surface area contributed by atoms with Crippen LogP contribution in [0.2, 0.25) is 0 Å². The molecule has 206 valence electrons. The summed E-state index contributed by atoms with van der Waals surface area (Å²) in [4.78, 5) is 35.0. The molecule has 0 saturated heterocycles. The molecule has 1 aromatic carbocycles. The molecular formula is C32H42O6. The van der Waals surface area contributed by atoms with Gasteiger partial charge in [-0.25, -0.2) is 0 Å². The Kier molecular flexibility index (Phi) is 8.20. The van der Waals surface area contributed by atoms with Crippen LogP contribution in [0, 0.1) is 22.7 Å². The molecule has 3 aliphatic carbocycles. The first-order valence-corrected chi connectivity index (χ1v) is 13.9. The molecule has 1 aromatic rings. The Bertz CT molecular complexity index is 1160. The van der Waals surface area contributed by atoms with Gasteiger partial charge in [0.2, 0.25) is 0 Å². The zero-order valence-electron chi connectivity index (χ0n) is 23.6. The molecule has 2 fully saturated rings. The quantitative estimate of drug-likeness (QED) is 0.226. The summed E-state index contributed by atoms with van der Waals surface area (Å²) in [6.07, 6.45) is 11.0. The smallest absolute Gasteiger partial charge is 0.308 e. The minimum atomic E-state index is -0.367. The van der Waals surface area contributed by atoms with Crippen molar-refractivity contribution in [3.8, 4) is 11.5 Å². The average molecular weight is 523 g/mol. The zero-order chi connectivity index (χ0) is 27.7. The van der Waals surface area contributed by atoms with Gasteiger partial charge in [0.05, 0.1) is 6.61 Å². The van der Waals surface area contributed by atoms with Gasteiger partial charge in [-0.15, -0.1) is 0 Å². The molecule has 0 spiro atoms. The first-order valence-electron chi connectivity index (χ1n) is 13.9. The average Bonchev–Trinajstić information content (AvgIpc) is 2.83. The fourth-order valence-electron chi connectivity index (χ4n) is 7.69. The summed E-state index contributed by atoms with van der Waals surface area (Å²) < 4.78 is 16.5. The lowest BCUT2D eigenvalue weighted by atomic mass is 9.46. The van der Waals surface area contributed by atoms with Gasteiger partial charge < -0.3 is 14.2 Å². The van der Waals surface area contributed by atoms with Crippen molar-refractivity contribution in [2.24, 2.45) is 22.7 Å². The Balaban J connectivity index is 1.53. The van der Waals surface area contributed by atoms with Crippen molar-refractivity contribution in [3.63, 3.8) is 0 Å². The summed E-state index contributed by atoms with van der Waals surface area (Å²) in [6.45, 7) is 14.1. The van der Waals surface area contributed by atoms with E-state index in [9.17, 15) is 14.4 Å². The molecule has 0 unspecified atom stereocenters. The van der Waals surface area contributed by atoms with Crippen LogP contribution in [0.1, 0.15) is 90.7 Å². The second-order valence-corrected chi connectivity index (χ2v) is 12.1. The van der Waals surface area contributed by atoms with Crippen LogP contribution in [0.3, 0.4) is 0 Å². The first-order chi connectivity index (χ1) is 17.9. The van der Waals surface area contributed by atoms with Gasteiger partial charge >= 0.3 is 17.9 Å². The summed E-state index contributed by atoms with van der Waals surface area (Å²) in [5.41, 5.74) is 4.60. The first kappa shape index (κ1) is 28.1. The van der Waals surface area contributed by atoms with E-state index in [1.165, 1.54) is 38.3 Å². The molecule has 0 aromatic heterocycles. The highest BCUT2D eigenvalue weighted by Gasteiger charge is 2.54. The third kappa shape index (κ3) is 5.74. The van der Waals surface area contributed by atoms with Crippen LogP contribution in [-0.2, 0) is 32.0 Å². The third-order valence-electron chi connectivity index (χ3n) is 9.35. The van der Waals surface area contributed by atoms with E-state index < -0.39 is 0 Å². The van der Waals surface area contributed by atoms with E-state index in [0.29, 0.717) is 42.8 Å². The molecule has 38 heavy (non-hydrogen) atoms. The van der Waals surface area contributed by atoms with Crippen LogP contribution in [0.5, 0.6) is 11.5 Å². The largest absolute Gasteiger partial charge is 0.465 e. The van der Waals surface area contributed by atoms with E-state index in [1.807, 2.05) is 0 Å². The summed E-state index contributed by atoms with van der Waals surface area (Å²) >= 11 is 0. The second kappa shape index (κ2) is 11.1. The van der Waals surface area contributed by atoms with E-state index >= 15 is 0 Å². The number of esters is 3. The molecule has 0 heterocycles. The lowest BCUT2D eigenvalue weighted by Gasteiger charge is -2.58. The van der Waals surface area contributed by atoms with Crippen molar-refractivity contribution in [1.29, 1.82) is 0 Å². The second-order valence-electron chi connectivity index (χ2n) is 12.1. The van der Waals surface area contributed by atoms with Gasteiger partial charge in [0.25, 0.3) is 0 Å². The molecular weight excluding hydrogens is 480 g/mol. The van der Waals surface area contributed by atoms with E-state index in [-0.39, 0.29) is 28.7 Å². The molecule has 0 amide bonds. The number of ether oxygens (including phenoxy) is 3. The van der Waals surface area contributed by atoms with Crippen molar-refractivity contribution < 1.29 is 28.6 Å². The van der Waals surface area contributed by atoms with Gasteiger partial charge in [0.15, 0.2) is 0 Å². The Morgan fingerprint density at radius 2 is 1.63 bits per heavy atom. The number of allylic oxidation sites excluding steroid dienone is 3. The van der Waals surface area contributed by atoms with Crippen molar-refractivity contribution in [3.05, 3.63) is 47.1 Å². The Morgan fingerprint density at radius 1 is 0.974 bits per heavy atom. The maximum absolute atomic E-state index is 11.8. The van der Waals surface area contributed by atoms with Crippen LogP contribution in [0.25, 0.3) is 0 Å². The van der Waals surface area contributed by atoms with Crippen molar-refractivity contribution in [2.75, 3.05) is 6.61 Å². The fraction of sp³-hybridized carbons (Fsp3) is 0.594. The molecule has 0 aliphatic heterocycles. The Labute approximate surface area is 226 Å². The normalized spacial score (nSPS) is 28.4. The Morgan fingerprint density at radius 3 is 2.26 bits per heavy atom. The van der Waals surface area contributed by atoms with Gasteiger partial charge in [-0.2, -0.15) is 0 Å². The van der Waals surface area contributed by atoms with Gasteiger partial charge in [-0.1, -0.05) is 44.1 Å². The molecule has 6 nitrogen and oxygen atoms in total. The standard InChI is InChI=1S/C32H42O6/c1-20-8-15-30-31(5,19-36-21(2)33)16-7-17-32(30,6)27(20)12-10-24-9-11-25-26(18-24)29(38-23(4)35)14-13-28(25)37-22(3)34/h9,13-14,27,30H,1,7-8,10-12,15-19H2,2-6H3/t27-,30-,31+,32+/m0/s1. The number of hydrogen-bond donors (Lipinski definition) is 0. The molecule has 3 aliphatic rings. The summed E-state index contributed by atoms with van der Waals surface area (Å²) in [7, 11) is 0. The van der Waals surface area contributed by atoms with Crippen molar-refractivity contribution in [2.45, 2.75) is 92.4 Å². The highest BCUT2D eigenvalue weighted by Crippen LogP contribution is 2.62. The molecule has 4 rings (SSSR count). The molecule has 6 heteroatoms. The minimum Gasteiger partial charge on any atom is -0.465 e. The molecule has 0 bridgehead atoms. The SMILES string of the molecule is C=C1CC[C@H]2[C@@](C)(COC(C)=O)CCC[C@]2(C)[C@H]1CCC1=CCc2c(OC(C)=O)ccc(OC(C)=O)c2C1. The van der Waals surface area contributed by atoms with E-state index in [1.54, 1.807) is 12.1 Å². The van der Waals surface area contributed by atoms with Crippen LogP contribution in [0.15, 0.2) is 35.9 Å². The maximum atomic E-state index is 11.8. The molecule has 4 atom stereocenters. The van der Waals surface area contributed by atoms with Crippen LogP contribution in [-0.4, -0.2) is 24.5 Å². The zero-order valence-corrected chi connectivity index (χ0v) is 23.6. The topological polar surface area (TPSA) is 78.9 Å². The van der Waals surface area contributed by atoms with Crippen LogP contribution < -0.4 is 9.47 Å². The monoisotopic (exact) mass is 522 g/mol. The summed E-state index contributed by atoms with van der Waals surface area (Å²) in [6, 6.07) is 3.43. The number of benzene rings is 1. The van der Waals surface area contributed by atoms with Gasteiger partial charge in [-0.05, 0) is 80.8 Å². The van der Waals surface area contributed by atoms with Gasteiger partial charge in [0, 0.05) is 37.3 Å². The molecule has 2 saturated carbocycles. The number of hydrogen-bond acceptors (Lipinski definition) is 6. The predicted molar refractivity (Wildman–Crippen MR) is 146 cm³/mol. The fourth-order valence-corrected chi connectivity index (χ4v) is 7.69. The van der Waals surface area contributed by atoms with Crippen LogP contribution in [0.4, 0.5) is 0 Å².